The topological polar surface area (TPSA) is 31.4 Å². The predicted octanol–water partition coefficient (Wildman–Crippen LogP) is 3.73. The first-order valence-corrected chi connectivity index (χ1v) is 8.01. The van der Waals surface area contributed by atoms with E-state index in [1.54, 1.807) is 0 Å². The molecule has 2 heterocycles. The van der Waals surface area contributed by atoms with Gasteiger partial charge in [-0.05, 0) is 31.7 Å². The fraction of sp³-hybridized carbons (Fsp3) is 0.667. The first-order chi connectivity index (χ1) is 9.97. The molecule has 0 spiro atoms. The number of halogens is 2. The van der Waals surface area contributed by atoms with Crippen LogP contribution in [0.25, 0.3) is 0 Å². The zero-order valence-corrected chi connectivity index (χ0v) is 13.8. The molecule has 2 rings (SSSR count). The monoisotopic (exact) mass is 313 g/mol. The smallest absolute Gasteiger partial charge is 0.399 e. The minimum atomic E-state index is -0.593. The summed E-state index contributed by atoms with van der Waals surface area (Å²) in [4.78, 5) is 3.85. The van der Waals surface area contributed by atoms with Gasteiger partial charge in [0.05, 0.1) is 11.2 Å². The third-order valence-corrected chi connectivity index (χ3v) is 5.15. The molecule has 1 saturated heterocycles. The minimum Gasteiger partial charge on any atom is -0.399 e. The van der Waals surface area contributed by atoms with E-state index in [9.17, 15) is 4.39 Å². The summed E-state index contributed by atoms with van der Waals surface area (Å²) in [7, 11) is -0.593. The zero-order chi connectivity index (χ0) is 15.7. The summed E-state index contributed by atoms with van der Waals surface area (Å²) in [5.74, 6) is -0.550. The van der Waals surface area contributed by atoms with Crippen LogP contribution in [0.4, 0.5) is 4.39 Å². The van der Waals surface area contributed by atoms with Gasteiger partial charge in [0.1, 0.15) is 0 Å². The van der Waals surface area contributed by atoms with Crippen LogP contribution >= 0.6 is 11.6 Å². The van der Waals surface area contributed by atoms with Gasteiger partial charge in [0.15, 0.2) is 11.0 Å². The van der Waals surface area contributed by atoms with E-state index in [2.05, 4.69) is 32.7 Å². The lowest BCUT2D eigenvalue weighted by atomic mass is 9.75. The lowest BCUT2D eigenvalue weighted by Crippen LogP contribution is -2.50. The van der Waals surface area contributed by atoms with Crippen molar-refractivity contribution in [1.29, 1.82) is 0 Å². The summed E-state index contributed by atoms with van der Waals surface area (Å²) in [6.07, 6.45) is 4.93. The molecule has 6 heteroatoms. The second kappa shape index (κ2) is 6.23. The van der Waals surface area contributed by atoms with E-state index < -0.39 is 12.9 Å². The van der Waals surface area contributed by atoms with Crippen molar-refractivity contribution >= 4 is 24.2 Å². The van der Waals surface area contributed by atoms with Crippen molar-refractivity contribution in [2.45, 2.75) is 64.6 Å². The van der Waals surface area contributed by atoms with Gasteiger partial charge in [0.25, 0.3) is 0 Å². The Balaban J connectivity index is 2.39. The van der Waals surface area contributed by atoms with Crippen molar-refractivity contribution in [3.8, 4) is 0 Å². The van der Waals surface area contributed by atoms with Crippen LogP contribution in [-0.4, -0.2) is 23.3 Å². The number of hydrogen-bond donors (Lipinski definition) is 0. The summed E-state index contributed by atoms with van der Waals surface area (Å²) >= 11 is 5.64. The standard InChI is InChI=1S/C15H22BClFNO2/c1-5-14(6-2)15(7-3,8-4)21-16(20-14)11-9-12(18)13(17)19-10-11/h9-10H,5-8H2,1-4H3. The summed E-state index contributed by atoms with van der Waals surface area (Å²) in [6, 6.07) is 1.34. The van der Waals surface area contributed by atoms with Gasteiger partial charge in [-0.15, -0.1) is 0 Å². The molecule has 0 aliphatic carbocycles. The highest BCUT2D eigenvalue weighted by Gasteiger charge is 2.58. The molecule has 21 heavy (non-hydrogen) atoms. The van der Waals surface area contributed by atoms with E-state index in [1.165, 1.54) is 12.3 Å². The fourth-order valence-corrected chi connectivity index (χ4v) is 3.57. The van der Waals surface area contributed by atoms with E-state index in [1.807, 2.05) is 0 Å². The lowest BCUT2D eigenvalue weighted by molar-refractivity contribution is -0.0601. The Kier molecular flexibility index (Phi) is 4.96. The molecule has 0 aromatic carbocycles. The molecule has 0 bridgehead atoms. The van der Waals surface area contributed by atoms with Gasteiger partial charge in [0.2, 0.25) is 0 Å². The second-order valence-electron chi connectivity index (χ2n) is 5.51. The SMILES string of the molecule is CCC1(CC)OB(c2cnc(Cl)c(F)c2)OC1(CC)CC. The molecule has 3 nitrogen and oxygen atoms in total. The molecule has 116 valence electrons. The van der Waals surface area contributed by atoms with Gasteiger partial charge in [-0.2, -0.15) is 0 Å². The van der Waals surface area contributed by atoms with E-state index in [4.69, 9.17) is 20.9 Å². The molecule has 0 unspecified atom stereocenters. The van der Waals surface area contributed by atoms with Crippen LogP contribution in [0.3, 0.4) is 0 Å². The third kappa shape index (κ3) is 2.60. The molecule has 0 saturated carbocycles. The van der Waals surface area contributed by atoms with Crippen LogP contribution in [-0.2, 0) is 9.31 Å². The molecule has 1 aliphatic rings. The average molecular weight is 314 g/mol. The Bertz CT molecular complexity index is 486. The molecule has 1 aliphatic heterocycles. The van der Waals surface area contributed by atoms with Crippen LogP contribution in [0.15, 0.2) is 12.3 Å². The van der Waals surface area contributed by atoms with Crippen molar-refractivity contribution < 1.29 is 13.7 Å². The maximum Gasteiger partial charge on any atom is 0.496 e. The molecule has 1 aromatic heterocycles. The largest absolute Gasteiger partial charge is 0.496 e. The molecule has 0 radical (unpaired) electrons. The van der Waals surface area contributed by atoms with E-state index >= 15 is 0 Å². The van der Waals surface area contributed by atoms with Crippen LogP contribution < -0.4 is 5.46 Å². The molecule has 0 atom stereocenters. The van der Waals surface area contributed by atoms with E-state index in [0.717, 1.165) is 25.7 Å². The number of aromatic nitrogens is 1. The summed E-state index contributed by atoms with van der Waals surface area (Å²) in [6.45, 7) is 8.43. The van der Waals surface area contributed by atoms with E-state index in [0.29, 0.717) is 5.46 Å². The molecular weight excluding hydrogens is 291 g/mol. The Labute approximate surface area is 131 Å². The maximum absolute atomic E-state index is 13.6. The maximum atomic E-state index is 13.6. The Morgan fingerprint density at radius 3 is 1.95 bits per heavy atom. The molecule has 1 aromatic rings. The van der Waals surface area contributed by atoms with Gasteiger partial charge in [-0.25, -0.2) is 9.37 Å². The van der Waals surface area contributed by atoms with Crippen LogP contribution in [0, 0.1) is 5.82 Å². The van der Waals surface area contributed by atoms with Crippen molar-refractivity contribution in [2.24, 2.45) is 0 Å². The van der Waals surface area contributed by atoms with Crippen LogP contribution in [0.2, 0.25) is 5.15 Å². The number of nitrogens with zero attached hydrogens (tertiary/aromatic N) is 1. The normalized spacial score (nSPS) is 20.0. The molecule has 1 fully saturated rings. The third-order valence-electron chi connectivity index (χ3n) is 4.87. The van der Waals surface area contributed by atoms with Gasteiger partial charge < -0.3 is 9.31 Å². The van der Waals surface area contributed by atoms with Crippen molar-refractivity contribution in [3.05, 3.63) is 23.2 Å². The lowest BCUT2D eigenvalue weighted by Gasteiger charge is -2.42. The van der Waals surface area contributed by atoms with Crippen molar-refractivity contribution in [1.82, 2.24) is 4.98 Å². The van der Waals surface area contributed by atoms with Gasteiger partial charge >= 0.3 is 7.12 Å². The van der Waals surface area contributed by atoms with Gasteiger partial charge in [-0.1, -0.05) is 39.3 Å². The summed E-state index contributed by atoms with van der Waals surface area (Å²) in [5.41, 5.74) is -0.124. The first kappa shape index (κ1) is 16.7. The Hall–Kier alpha value is -0.645. The van der Waals surface area contributed by atoms with Gasteiger partial charge in [0, 0.05) is 11.7 Å². The fourth-order valence-electron chi connectivity index (χ4n) is 3.47. The van der Waals surface area contributed by atoms with E-state index in [-0.39, 0.29) is 16.4 Å². The van der Waals surface area contributed by atoms with Crippen LogP contribution in [0.5, 0.6) is 0 Å². The molecule has 0 N–H and O–H groups in total. The van der Waals surface area contributed by atoms with Crippen molar-refractivity contribution in [3.63, 3.8) is 0 Å². The highest BCUT2D eigenvalue weighted by atomic mass is 35.5. The predicted molar refractivity (Wildman–Crippen MR) is 83.4 cm³/mol. The Morgan fingerprint density at radius 1 is 1.10 bits per heavy atom. The number of pyridine rings is 1. The zero-order valence-electron chi connectivity index (χ0n) is 13.1. The quantitative estimate of drug-likeness (QED) is 0.613. The second-order valence-corrected chi connectivity index (χ2v) is 5.87. The minimum absolute atomic E-state index is 0.133. The first-order valence-electron chi connectivity index (χ1n) is 7.64. The van der Waals surface area contributed by atoms with Crippen LogP contribution in [0.1, 0.15) is 53.4 Å². The highest BCUT2D eigenvalue weighted by Crippen LogP contribution is 2.46. The number of hydrogen-bond acceptors (Lipinski definition) is 3. The molecular formula is C15H22BClFNO2. The molecule has 0 amide bonds. The summed E-state index contributed by atoms with van der Waals surface area (Å²) < 4.78 is 26.1. The Morgan fingerprint density at radius 2 is 1.57 bits per heavy atom. The average Bonchev–Trinajstić information content (AvgIpc) is 2.85. The van der Waals surface area contributed by atoms with Gasteiger partial charge in [-0.3, -0.25) is 0 Å². The van der Waals surface area contributed by atoms with Crippen molar-refractivity contribution in [2.75, 3.05) is 0 Å². The summed E-state index contributed by atoms with van der Waals surface area (Å²) in [5, 5.41) is -0.133. The number of rotatable bonds is 5. The highest BCUT2D eigenvalue weighted by molar-refractivity contribution is 6.62.